The average molecular weight is 327 g/mol. The molecule has 3 rings (SSSR count). The van der Waals surface area contributed by atoms with Crippen LogP contribution < -0.4 is 15.0 Å². The van der Waals surface area contributed by atoms with Crippen molar-refractivity contribution in [2.75, 3.05) is 50.1 Å². The van der Waals surface area contributed by atoms with Gasteiger partial charge in [-0.2, -0.15) is 4.98 Å². The van der Waals surface area contributed by atoms with Crippen molar-refractivity contribution in [2.45, 2.75) is 13.8 Å². The predicted octanol–water partition coefficient (Wildman–Crippen LogP) is 2.68. The molecule has 0 radical (unpaired) electrons. The van der Waals surface area contributed by atoms with E-state index in [4.69, 9.17) is 9.72 Å². The summed E-state index contributed by atoms with van der Waals surface area (Å²) < 4.78 is 5.19. The monoisotopic (exact) mass is 327 g/mol. The van der Waals surface area contributed by atoms with Crippen LogP contribution in [0.2, 0.25) is 0 Å². The minimum atomic E-state index is 0.807. The fourth-order valence-corrected chi connectivity index (χ4v) is 2.84. The summed E-state index contributed by atoms with van der Waals surface area (Å²) in [5, 5.41) is 3.35. The van der Waals surface area contributed by atoms with Crippen molar-refractivity contribution >= 4 is 17.5 Å². The number of nitrogens with one attached hydrogen (secondary N) is 1. The predicted molar refractivity (Wildman–Crippen MR) is 97.4 cm³/mol. The van der Waals surface area contributed by atoms with E-state index in [1.807, 2.05) is 37.3 Å². The van der Waals surface area contributed by atoms with Crippen LogP contribution in [0.4, 0.5) is 17.5 Å². The van der Waals surface area contributed by atoms with E-state index in [9.17, 15) is 0 Å². The summed E-state index contributed by atoms with van der Waals surface area (Å²) in [6.07, 6.45) is 0. The maximum atomic E-state index is 5.19. The molecule has 2 aromatic rings. The third kappa shape index (κ3) is 3.94. The lowest BCUT2D eigenvalue weighted by molar-refractivity contribution is 0.270. The molecule has 0 bridgehead atoms. The van der Waals surface area contributed by atoms with Gasteiger partial charge in [-0.3, -0.25) is 0 Å². The van der Waals surface area contributed by atoms with Crippen molar-refractivity contribution in [3.8, 4) is 5.75 Å². The van der Waals surface area contributed by atoms with Gasteiger partial charge >= 0.3 is 0 Å². The Morgan fingerprint density at radius 1 is 1.08 bits per heavy atom. The van der Waals surface area contributed by atoms with E-state index in [0.717, 1.165) is 61.6 Å². The second kappa shape index (κ2) is 7.49. The van der Waals surface area contributed by atoms with Crippen LogP contribution in [0.15, 0.2) is 30.3 Å². The van der Waals surface area contributed by atoms with Crippen molar-refractivity contribution in [3.05, 3.63) is 36.0 Å². The lowest BCUT2D eigenvalue weighted by Crippen LogP contribution is -2.46. The highest BCUT2D eigenvalue weighted by atomic mass is 16.5. The fourth-order valence-electron chi connectivity index (χ4n) is 2.84. The molecule has 0 saturated carbocycles. The molecule has 1 fully saturated rings. The Balaban J connectivity index is 1.73. The van der Waals surface area contributed by atoms with E-state index in [2.05, 4.69) is 27.0 Å². The van der Waals surface area contributed by atoms with Crippen LogP contribution in [-0.2, 0) is 0 Å². The quantitative estimate of drug-likeness (QED) is 0.911. The number of rotatable bonds is 5. The number of ether oxygens (including phenoxy) is 1. The molecule has 1 saturated heterocycles. The first-order valence-corrected chi connectivity index (χ1v) is 8.42. The Morgan fingerprint density at radius 3 is 2.42 bits per heavy atom. The number of methoxy groups -OCH3 is 1. The number of piperazine rings is 1. The van der Waals surface area contributed by atoms with Crippen LogP contribution in [0.5, 0.6) is 5.75 Å². The molecule has 24 heavy (non-hydrogen) atoms. The van der Waals surface area contributed by atoms with Crippen LogP contribution in [0.25, 0.3) is 0 Å². The second-order valence-electron chi connectivity index (χ2n) is 5.97. The number of anilines is 3. The Hall–Kier alpha value is -2.34. The average Bonchev–Trinajstić information content (AvgIpc) is 2.62. The van der Waals surface area contributed by atoms with Gasteiger partial charge in [0, 0.05) is 43.6 Å². The van der Waals surface area contributed by atoms with Crippen LogP contribution in [0, 0.1) is 6.92 Å². The van der Waals surface area contributed by atoms with Gasteiger partial charge in [0.2, 0.25) is 5.95 Å². The van der Waals surface area contributed by atoms with Gasteiger partial charge in [0.05, 0.1) is 7.11 Å². The van der Waals surface area contributed by atoms with Crippen LogP contribution >= 0.6 is 0 Å². The molecule has 0 spiro atoms. The third-order valence-electron chi connectivity index (χ3n) is 4.31. The standard InChI is InChI=1S/C18H25N5O/c1-4-22-9-11-23(12-10-22)18-19-14(2)13-17(21-18)20-15-5-7-16(24-3)8-6-15/h5-8,13H,4,9-12H2,1-3H3,(H,19,20,21). The molecular weight excluding hydrogens is 302 g/mol. The minimum Gasteiger partial charge on any atom is -0.497 e. The summed E-state index contributed by atoms with van der Waals surface area (Å²) in [7, 11) is 1.67. The highest BCUT2D eigenvalue weighted by Crippen LogP contribution is 2.21. The first-order valence-electron chi connectivity index (χ1n) is 8.42. The zero-order chi connectivity index (χ0) is 16.9. The smallest absolute Gasteiger partial charge is 0.227 e. The van der Waals surface area contributed by atoms with Gasteiger partial charge in [-0.05, 0) is 37.7 Å². The van der Waals surface area contributed by atoms with Gasteiger partial charge < -0.3 is 19.9 Å². The topological polar surface area (TPSA) is 53.5 Å². The maximum absolute atomic E-state index is 5.19. The molecule has 128 valence electrons. The molecule has 0 unspecified atom stereocenters. The Kier molecular flexibility index (Phi) is 5.15. The molecule has 6 heteroatoms. The van der Waals surface area contributed by atoms with E-state index in [1.54, 1.807) is 7.11 Å². The van der Waals surface area contributed by atoms with Crippen molar-refractivity contribution in [1.29, 1.82) is 0 Å². The maximum Gasteiger partial charge on any atom is 0.227 e. The number of aryl methyl sites for hydroxylation is 1. The van der Waals surface area contributed by atoms with Crippen LogP contribution in [0.3, 0.4) is 0 Å². The lowest BCUT2D eigenvalue weighted by atomic mass is 10.3. The van der Waals surface area contributed by atoms with Gasteiger partial charge in [0.15, 0.2) is 0 Å². The molecule has 0 atom stereocenters. The Bertz CT molecular complexity index is 666. The fraction of sp³-hybridized carbons (Fsp3) is 0.444. The van der Waals surface area contributed by atoms with Gasteiger partial charge in [0.1, 0.15) is 11.6 Å². The van der Waals surface area contributed by atoms with Gasteiger partial charge in [-0.25, -0.2) is 4.98 Å². The van der Waals surface area contributed by atoms with Crippen molar-refractivity contribution < 1.29 is 4.74 Å². The van der Waals surface area contributed by atoms with Gasteiger partial charge in [-0.15, -0.1) is 0 Å². The number of hydrogen-bond acceptors (Lipinski definition) is 6. The summed E-state index contributed by atoms with van der Waals surface area (Å²) in [4.78, 5) is 14.0. The Labute approximate surface area is 143 Å². The molecule has 1 aliphatic rings. The van der Waals surface area contributed by atoms with E-state index >= 15 is 0 Å². The molecule has 0 aliphatic carbocycles. The van der Waals surface area contributed by atoms with E-state index in [0.29, 0.717) is 0 Å². The second-order valence-corrected chi connectivity index (χ2v) is 5.97. The minimum absolute atomic E-state index is 0.807. The molecule has 1 N–H and O–H groups in total. The molecule has 1 aliphatic heterocycles. The van der Waals surface area contributed by atoms with Crippen molar-refractivity contribution in [3.63, 3.8) is 0 Å². The zero-order valence-electron chi connectivity index (χ0n) is 14.6. The number of likely N-dealkylation sites (N-methyl/N-ethyl adjacent to an activating group) is 1. The highest BCUT2D eigenvalue weighted by molar-refractivity contribution is 5.58. The summed E-state index contributed by atoms with van der Waals surface area (Å²) in [5.74, 6) is 2.47. The van der Waals surface area contributed by atoms with Crippen molar-refractivity contribution in [1.82, 2.24) is 14.9 Å². The largest absolute Gasteiger partial charge is 0.497 e. The third-order valence-corrected chi connectivity index (χ3v) is 4.31. The van der Waals surface area contributed by atoms with E-state index in [1.165, 1.54) is 0 Å². The zero-order valence-corrected chi connectivity index (χ0v) is 14.6. The summed E-state index contributed by atoms with van der Waals surface area (Å²) in [6.45, 7) is 9.39. The molecule has 1 aromatic heterocycles. The summed E-state index contributed by atoms with van der Waals surface area (Å²) in [5.41, 5.74) is 1.95. The first-order chi connectivity index (χ1) is 11.7. The van der Waals surface area contributed by atoms with Crippen molar-refractivity contribution in [2.24, 2.45) is 0 Å². The van der Waals surface area contributed by atoms with Crippen LogP contribution in [-0.4, -0.2) is 54.7 Å². The first kappa shape index (κ1) is 16.5. The number of aromatic nitrogens is 2. The molecule has 2 heterocycles. The summed E-state index contributed by atoms with van der Waals surface area (Å²) >= 11 is 0. The van der Waals surface area contributed by atoms with Gasteiger partial charge in [-0.1, -0.05) is 6.92 Å². The molecular formula is C18H25N5O. The van der Waals surface area contributed by atoms with Gasteiger partial charge in [0.25, 0.3) is 0 Å². The van der Waals surface area contributed by atoms with E-state index in [-0.39, 0.29) is 0 Å². The summed E-state index contributed by atoms with van der Waals surface area (Å²) in [6, 6.07) is 9.80. The van der Waals surface area contributed by atoms with Crippen LogP contribution in [0.1, 0.15) is 12.6 Å². The number of benzene rings is 1. The molecule has 6 nitrogen and oxygen atoms in total. The Morgan fingerprint density at radius 2 is 1.79 bits per heavy atom. The molecule has 0 amide bonds. The van der Waals surface area contributed by atoms with E-state index < -0.39 is 0 Å². The SMILES string of the molecule is CCN1CCN(c2nc(C)cc(Nc3ccc(OC)cc3)n2)CC1. The number of hydrogen-bond donors (Lipinski definition) is 1. The molecule has 1 aromatic carbocycles. The number of nitrogens with zero attached hydrogens (tertiary/aromatic N) is 4. The highest BCUT2D eigenvalue weighted by Gasteiger charge is 2.18. The normalized spacial score (nSPS) is 15.4. The lowest BCUT2D eigenvalue weighted by Gasteiger charge is -2.34.